The molecule has 3 rings (SSSR count). The van der Waals surface area contributed by atoms with Gasteiger partial charge in [-0.3, -0.25) is 0 Å². The molecule has 0 aromatic carbocycles. The van der Waals surface area contributed by atoms with Crippen LogP contribution in [0.1, 0.15) is 0 Å². The fourth-order valence-electron chi connectivity index (χ4n) is 2.05. The molecule has 0 aliphatic carbocycles. The average molecular weight is 371 g/mol. The van der Waals surface area contributed by atoms with Gasteiger partial charge in [0.15, 0.2) is 0 Å². The van der Waals surface area contributed by atoms with E-state index in [4.69, 9.17) is 0 Å². The van der Waals surface area contributed by atoms with Gasteiger partial charge < -0.3 is 10.2 Å². The molecule has 1 aliphatic heterocycles. The Balaban J connectivity index is 0.000000810. The Labute approximate surface area is 131 Å². The lowest BCUT2D eigenvalue weighted by molar-refractivity contribution is 0.586. The topological polar surface area (TPSA) is 28.2 Å². The van der Waals surface area contributed by atoms with Gasteiger partial charge >= 0.3 is 0 Å². The van der Waals surface area contributed by atoms with Crippen molar-refractivity contribution in [1.29, 1.82) is 0 Å². The number of rotatable bonds is 1. The summed E-state index contributed by atoms with van der Waals surface area (Å²) in [6.45, 7) is 4.17. The third-order valence-electron chi connectivity index (χ3n) is 2.81. The molecule has 1 saturated heterocycles. The third kappa shape index (κ3) is 3.08. The first-order valence-electron chi connectivity index (χ1n) is 5.34. The molecule has 0 atom stereocenters. The molecule has 7 heteroatoms. The normalized spacial score (nSPS) is 15.1. The second-order valence-corrected chi connectivity index (χ2v) is 6.30. The number of nitrogens with one attached hydrogen (secondary N) is 1. The van der Waals surface area contributed by atoms with Crippen molar-refractivity contribution in [2.45, 2.75) is 0 Å². The van der Waals surface area contributed by atoms with Crippen LogP contribution in [-0.2, 0) is 0 Å². The van der Waals surface area contributed by atoms with Crippen molar-refractivity contribution in [3.05, 3.63) is 22.1 Å². The molecule has 0 saturated carbocycles. The third-order valence-corrected chi connectivity index (χ3v) is 4.41. The molecular weight excluding hydrogens is 357 g/mol. The maximum atomic E-state index is 4.53. The van der Waals surface area contributed by atoms with Crippen molar-refractivity contribution in [1.82, 2.24) is 10.3 Å². The van der Waals surface area contributed by atoms with Gasteiger partial charge in [0.25, 0.3) is 0 Å². The van der Waals surface area contributed by atoms with E-state index in [-0.39, 0.29) is 24.8 Å². The molecule has 2 aromatic rings. The van der Waals surface area contributed by atoms with Crippen LogP contribution < -0.4 is 10.2 Å². The Morgan fingerprint density at radius 3 is 2.72 bits per heavy atom. The Kier molecular flexibility index (Phi) is 6.14. The summed E-state index contributed by atoms with van der Waals surface area (Å²) in [5.74, 6) is 1.13. The fraction of sp³-hybridized carbons (Fsp3) is 0.364. The van der Waals surface area contributed by atoms with Crippen LogP contribution in [0.4, 0.5) is 5.82 Å². The second kappa shape index (κ2) is 6.91. The minimum Gasteiger partial charge on any atom is -0.354 e. The highest BCUT2D eigenvalue weighted by molar-refractivity contribution is 9.11. The molecule has 0 spiro atoms. The SMILES string of the molecule is Brc1cc2c(N3CCNCC3)nccc2s1.Cl.Cl. The lowest BCUT2D eigenvalue weighted by Gasteiger charge is -2.28. The molecule has 3 nitrogen and oxygen atoms in total. The molecule has 1 aliphatic rings. The van der Waals surface area contributed by atoms with E-state index in [9.17, 15) is 0 Å². The van der Waals surface area contributed by atoms with Crippen molar-refractivity contribution < 1.29 is 0 Å². The van der Waals surface area contributed by atoms with Crippen molar-refractivity contribution >= 4 is 68.0 Å². The number of anilines is 1. The maximum Gasteiger partial charge on any atom is 0.137 e. The van der Waals surface area contributed by atoms with Crippen LogP contribution in [0.5, 0.6) is 0 Å². The lowest BCUT2D eigenvalue weighted by atomic mass is 10.2. The minimum atomic E-state index is 0. The van der Waals surface area contributed by atoms with Crippen LogP contribution in [0.15, 0.2) is 22.1 Å². The summed E-state index contributed by atoms with van der Waals surface area (Å²) in [7, 11) is 0. The number of piperazine rings is 1. The number of hydrogen-bond acceptors (Lipinski definition) is 4. The van der Waals surface area contributed by atoms with Crippen LogP contribution in [0.3, 0.4) is 0 Å². The van der Waals surface area contributed by atoms with E-state index in [1.165, 1.54) is 13.9 Å². The second-order valence-electron chi connectivity index (χ2n) is 3.83. The number of aromatic nitrogens is 1. The van der Waals surface area contributed by atoms with E-state index >= 15 is 0 Å². The summed E-state index contributed by atoms with van der Waals surface area (Å²) in [5.41, 5.74) is 0. The molecule has 0 unspecified atom stereocenters. The monoisotopic (exact) mass is 369 g/mol. The van der Waals surface area contributed by atoms with E-state index in [0.29, 0.717) is 0 Å². The fourth-order valence-corrected chi connectivity index (χ4v) is 3.57. The molecule has 2 aromatic heterocycles. The molecule has 0 amide bonds. The molecule has 0 bridgehead atoms. The Bertz CT molecular complexity index is 514. The summed E-state index contributed by atoms with van der Waals surface area (Å²) in [6.07, 6.45) is 1.91. The van der Waals surface area contributed by atoms with Crippen molar-refractivity contribution in [3.8, 4) is 0 Å². The van der Waals surface area contributed by atoms with Crippen LogP contribution in [-0.4, -0.2) is 31.2 Å². The van der Waals surface area contributed by atoms with Crippen LogP contribution in [0.2, 0.25) is 0 Å². The van der Waals surface area contributed by atoms with Gasteiger partial charge in [-0.15, -0.1) is 36.2 Å². The van der Waals surface area contributed by atoms with Gasteiger partial charge in [-0.1, -0.05) is 0 Å². The van der Waals surface area contributed by atoms with Crippen LogP contribution >= 0.6 is 52.1 Å². The van der Waals surface area contributed by atoms with Gasteiger partial charge in [-0.05, 0) is 28.1 Å². The van der Waals surface area contributed by atoms with Gasteiger partial charge in [-0.2, -0.15) is 0 Å². The molecular formula is C11H14BrCl2N3S. The van der Waals surface area contributed by atoms with E-state index in [2.05, 4.69) is 43.3 Å². The summed E-state index contributed by atoms with van der Waals surface area (Å²) >= 11 is 5.31. The van der Waals surface area contributed by atoms with Crippen LogP contribution in [0, 0.1) is 0 Å². The predicted molar refractivity (Wildman–Crippen MR) is 86.9 cm³/mol. The zero-order valence-electron chi connectivity index (χ0n) is 9.56. The number of halogens is 3. The van der Waals surface area contributed by atoms with Crippen LogP contribution in [0.25, 0.3) is 10.1 Å². The Hall–Kier alpha value is -0.0700. The predicted octanol–water partition coefficient (Wildman–Crippen LogP) is 3.31. The standard InChI is InChI=1S/C11H12BrN3S.2ClH/c12-10-7-8-9(16-10)1-2-14-11(8)15-5-3-13-4-6-15;;/h1-2,7,13H,3-6H2;2*1H. The van der Waals surface area contributed by atoms with Crippen molar-refractivity contribution in [2.75, 3.05) is 31.1 Å². The quantitative estimate of drug-likeness (QED) is 0.834. The number of nitrogens with zero attached hydrogens (tertiary/aromatic N) is 2. The van der Waals surface area contributed by atoms with Gasteiger partial charge in [0.05, 0.1) is 3.79 Å². The van der Waals surface area contributed by atoms with Crippen molar-refractivity contribution in [2.24, 2.45) is 0 Å². The Morgan fingerprint density at radius 2 is 2.00 bits per heavy atom. The van der Waals surface area contributed by atoms with E-state index < -0.39 is 0 Å². The number of thiophene rings is 1. The molecule has 100 valence electrons. The largest absolute Gasteiger partial charge is 0.354 e. The highest BCUT2D eigenvalue weighted by Gasteiger charge is 2.15. The molecule has 1 N–H and O–H groups in total. The summed E-state index contributed by atoms with van der Waals surface area (Å²) in [4.78, 5) is 6.89. The lowest BCUT2D eigenvalue weighted by Crippen LogP contribution is -2.43. The van der Waals surface area contributed by atoms with Crippen molar-refractivity contribution in [3.63, 3.8) is 0 Å². The average Bonchev–Trinajstić information content (AvgIpc) is 2.70. The molecule has 1 fully saturated rings. The first kappa shape index (κ1) is 16.0. The summed E-state index contributed by atoms with van der Waals surface area (Å²) < 4.78 is 2.47. The minimum absolute atomic E-state index is 0. The Morgan fingerprint density at radius 1 is 1.28 bits per heavy atom. The van der Waals surface area contributed by atoms with E-state index in [1.54, 1.807) is 11.3 Å². The first-order chi connectivity index (χ1) is 7.84. The zero-order valence-corrected chi connectivity index (χ0v) is 13.6. The van der Waals surface area contributed by atoms with Gasteiger partial charge in [0.2, 0.25) is 0 Å². The highest BCUT2D eigenvalue weighted by atomic mass is 79.9. The summed E-state index contributed by atoms with van der Waals surface area (Å²) in [6, 6.07) is 4.25. The van der Waals surface area contributed by atoms with E-state index in [1.807, 2.05) is 6.20 Å². The number of pyridine rings is 1. The summed E-state index contributed by atoms with van der Waals surface area (Å²) in [5, 5.41) is 4.63. The number of hydrogen-bond donors (Lipinski definition) is 1. The molecule has 0 radical (unpaired) electrons. The first-order valence-corrected chi connectivity index (χ1v) is 6.95. The molecule has 18 heavy (non-hydrogen) atoms. The van der Waals surface area contributed by atoms with E-state index in [0.717, 1.165) is 32.0 Å². The highest BCUT2D eigenvalue weighted by Crippen LogP contribution is 2.34. The van der Waals surface area contributed by atoms with Gasteiger partial charge in [0, 0.05) is 42.5 Å². The van der Waals surface area contributed by atoms with Gasteiger partial charge in [-0.25, -0.2) is 4.98 Å². The molecule has 3 heterocycles. The smallest absolute Gasteiger partial charge is 0.137 e. The number of fused-ring (bicyclic) bond motifs is 1. The maximum absolute atomic E-state index is 4.53. The zero-order chi connectivity index (χ0) is 11.0. The van der Waals surface area contributed by atoms with Gasteiger partial charge in [0.1, 0.15) is 5.82 Å².